The third-order valence-corrected chi connectivity index (χ3v) is 4.18. The second-order valence-corrected chi connectivity index (χ2v) is 6.24. The number of carbonyl (C=O) groups is 2. The van der Waals surface area contributed by atoms with Crippen LogP contribution in [0.2, 0.25) is 0 Å². The van der Waals surface area contributed by atoms with Crippen LogP contribution < -0.4 is 20.1 Å². The van der Waals surface area contributed by atoms with E-state index in [-0.39, 0.29) is 23.2 Å². The summed E-state index contributed by atoms with van der Waals surface area (Å²) in [6, 6.07) is 10.3. The second-order valence-electron chi connectivity index (χ2n) is 6.24. The molecular formula is C21H27N3O4. The summed E-state index contributed by atoms with van der Waals surface area (Å²) >= 11 is 0. The highest BCUT2D eigenvalue weighted by Crippen LogP contribution is 2.27. The summed E-state index contributed by atoms with van der Waals surface area (Å²) in [5.74, 6) is 0.590. The van der Waals surface area contributed by atoms with E-state index in [0.29, 0.717) is 24.6 Å². The molecule has 2 N–H and O–H groups in total. The van der Waals surface area contributed by atoms with Gasteiger partial charge < -0.3 is 20.1 Å². The van der Waals surface area contributed by atoms with Crippen molar-refractivity contribution in [2.24, 2.45) is 0 Å². The first-order valence-electron chi connectivity index (χ1n) is 9.33. The van der Waals surface area contributed by atoms with Gasteiger partial charge in [0.15, 0.2) is 11.5 Å². The number of unbranched alkanes of at least 4 members (excludes halogenated alkanes) is 2. The van der Waals surface area contributed by atoms with Crippen molar-refractivity contribution in [1.82, 2.24) is 15.6 Å². The summed E-state index contributed by atoms with van der Waals surface area (Å²) in [5, 5.41) is 5.62. The normalized spacial score (nSPS) is 10.2. The van der Waals surface area contributed by atoms with Crippen molar-refractivity contribution in [2.45, 2.75) is 32.7 Å². The molecule has 7 heteroatoms. The average Bonchev–Trinajstić information content (AvgIpc) is 2.74. The van der Waals surface area contributed by atoms with E-state index in [1.165, 1.54) is 0 Å². The number of nitrogens with one attached hydrogen (secondary N) is 2. The minimum Gasteiger partial charge on any atom is -0.493 e. The molecule has 0 aliphatic rings. The molecule has 0 aliphatic heterocycles. The van der Waals surface area contributed by atoms with E-state index in [0.717, 1.165) is 24.8 Å². The highest BCUT2D eigenvalue weighted by Gasteiger charge is 2.12. The molecule has 2 amide bonds. The van der Waals surface area contributed by atoms with E-state index < -0.39 is 0 Å². The summed E-state index contributed by atoms with van der Waals surface area (Å²) in [5.41, 5.74) is 1.28. The Hall–Kier alpha value is -3.09. The van der Waals surface area contributed by atoms with Crippen LogP contribution in [-0.2, 0) is 6.54 Å². The van der Waals surface area contributed by atoms with E-state index in [1.54, 1.807) is 44.6 Å². The van der Waals surface area contributed by atoms with Crippen molar-refractivity contribution >= 4 is 11.8 Å². The lowest BCUT2D eigenvalue weighted by Gasteiger charge is -2.10. The Morgan fingerprint density at radius 1 is 0.929 bits per heavy atom. The van der Waals surface area contributed by atoms with Gasteiger partial charge in [-0.2, -0.15) is 0 Å². The van der Waals surface area contributed by atoms with Crippen molar-refractivity contribution in [3.05, 3.63) is 53.3 Å². The molecule has 2 aromatic rings. The monoisotopic (exact) mass is 385 g/mol. The molecule has 0 fully saturated rings. The Kier molecular flexibility index (Phi) is 8.27. The molecule has 28 heavy (non-hydrogen) atoms. The van der Waals surface area contributed by atoms with Crippen LogP contribution in [0.15, 0.2) is 36.4 Å². The van der Waals surface area contributed by atoms with E-state index in [9.17, 15) is 9.59 Å². The van der Waals surface area contributed by atoms with Crippen LogP contribution in [0.3, 0.4) is 0 Å². The van der Waals surface area contributed by atoms with Gasteiger partial charge in [0.1, 0.15) is 11.4 Å². The van der Waals surface area contributed by atoms with E-state index in [4.69, 9.17) is 9.47 Å². The fraction of sp³-hybridized carbons (Fsp3) is 0.381. The topological polar surface area (TPSA) is 89.6 Å². The van der Waals surface area contributed by atoms with Crippen LogP contribution in [0.5, 0.6) is 11.5 Å². The zero-order valence-electron chi connectivity index (χ0n) is 16.6. The molecule has 150 valence electrons. The Morgan fingerprint density at radius 2 is 1.61 bits per heavy atom. The molecule has 0 atom stereocenters. The molecule has 0 saturated carbocycles. The molecule has 1 heterocycles. The Balaban J connectivity index is 1.96. The van der Waals surface area contributed by atoms with Gasteiger partial charge in [-0.1, -0.05) is 31.9 Å². The third-order valence-electron chi connectivity index (χ3n) is 4.18. The predicted octanol–water partition coefficient (Wildman–Crippen LogP) is 2.95. The molecule has 0 unspecified atom stereocenters. The van der Waals surface area contributed by atoms with Crippen molar-refractivity contribution in [3.63, 3.8) is 0 Å². The van der Waals surface area contributed by atoms with E-state index in [1.807, 2.05) is 6.07 Å². The fourth-order valence-corrected chi connectivity index (χ4v) is 2.62. The molecule has 0 spiro atoms. The highest BCUT2D eigenvalue weighted by atomic mass is 16.5. The van der Waals surface area contributed by atoms with Crippen LogP contribution in [0, 0.1) is 0 Å². The number of amides is 2. The number of hydrogen-bond acceptors (Lipinski definition) is 5. The summed E-state index contributed by atoms with van der Waals surface area (Å²) in [7, 11) is 3.13. The lowest BCUT2D eigenvalue weighted by Crippen LogP contribution is -2.28. The molecule has 0 bridgehead atoms. The molecular weight excluding hydrogens is 358 g/mol. The standard InChI is InChI=1S/C21H27N3O4/c1-4-5-6-12-22-20(25)16-8-7-9-17(24-16)21(26)23-14-15-10-11-18(27-2)19(13-15)28-3/h7-11,13H,4-6,12,14H2,1-3H3,(H,22,25)(H,23,26). The molecule has 2 rings (SSSR count). The quantitative estimate of drug-likeness (QED) is 0.614. The zero-order valence-corrected chi connectivity index (χ0v) is 16.6. The van der Waals surface area contributed by atoms with Gasteiger partial charge in [-0.15, -0.1) is 0 Å². The van der Waals surface area contributed by atoms with Crippen molar-refractivity contribution in [1.29, 1.82) is 0 Å². The largest absolute Gasteiger partial charge is 0.493 e. The minimum absolute atomic E-state index is 0.196. The van der Waals surface area contributed by atoms with E-state index >= 15 is 0 Å². The van der Waals surface area contributed by atoms with E-state index in [2.05, 4.69) is 22.5 Å². The first kappa shape index (κ1) is 21.2. The molecule has 0 saturated heterocycles. The maximum absolute atomic E-state index is 12.4. The van der Waals surface area contributed by atoms with Crippen LogP contribution >= 0.6 is 0 Å². The first-order valence-corrected chi connectivity index (χ1v) is 9.33. The summed E-state index contributed by atoms with van der Waals surface area (Å²) in [4.78, 5) is 28.7. The zero-order chi connectivity index (χ0) is 20.4. The van der Waals surface area contributed by atoms with Crippen LogP contribution in [0.4, 0.5) is 0 Å². The summed E-state index contributed by atoms with van der Waals surface area (Å²) < 4.78 is 10.5. The maximum Gasteiger partial charge on any atom is 0.270 e. The summed E-state index contributed by atoms with van der Waals surface area (Å²) in [6.07, 6.45) is 3.07. The number of nitrogens with zero attached hydrogens (tertiary/aromatic N) is 1. The average molecular weight is 385 g/mol. The van der Waals surface area contributed by atoms with Gasteiger partial charge in [0.25, 0.3) is 11.8 Å². The van der Waals surface area contributed by atoms with Gasteiger partial charge in [-0.05, 0) is 36.2 Å². The van der Waals surface area contributed by atoms with Gasteiger partial charge in [-0.3, -0.25) is 9.59 Å². The number of hydrogen-bond donors (Lipinski definition) is 2. The molecule has 7 nitrogen and oxygen atoms in total. The fourth-order valence-electron chi connectivity index (χ4n) is 2.62. The molecule has 1 aromatic carbocycles. The smallest absolute Gasteiger partial charge is 0.270 e. The van der Waals surface area contributed by atoms with Gasteiger partial charge >= 0.3 is 0 Å². The number of pyridine rings is 1. The lowest BCUT2D eigenvalue weighted by atomic mass is 10.2. The molecule has 0 radical (unpaired) electrons. The minimum atomic E-state index is -0.351. The summed E-state index contributed by atoms with van der Waals surface area (Å²) in [6.45, 7) is 3.01. The van der Waals surface area contributed by atoms with Gasteiger partial charge in [-0.25, -0.2) is 4.98 Å². The van der Waals surface area contributed by atoms with Gasteiger partial charge in [0, 0.05) is 13.1 Å². The SMILES string of the molecule is CCCCCNC(=O)c1cccc(C(=O)NCc2ccc(OC)c(OC)c2)n1. The molecule has 1 aromatic heterocycles. The Labute approximate surface area is 165 Å². The van der Waals surface area contributed by atoms with Gasteiger partial charge in [0.05, 0.1) is 14.2 Å². The Bertz CT molecular complexity index is 808. The van der Waals surface area contributed by atoms with Crippen molar-refractivity contribution < 1.29 is 19.1 Å². The highest BCUT2D eigenvalue weighted by molar-refractivity contribution is 5.96. The second kappa shape index (κ2) is 10.9. The van der Waals surface area contributed by atoms with Gasteiger partial charge in [0.2, 0.25) is 0 Å². The lowest BCUT2D eigenvalue weighted by molar-refractivity contribution is 0.0942. The molecule has 0 aliphatic carbocycles. The van der Waals surface area contributed by atoms with Crippen LogP contribution in [0.1, 0.15) is 52.7 Å². The van der Waals surface area contributed by atoms with Crippen LogP contribution in [-0.4, -0.2) is 37.6 Å². The maximum atomic E-state index is 12.4. The number of aromatic nitrogens is 1. The number of benzene rings is 1. The Morgan fingerprint density at radius 3 is 2.25 bits per heavy atom. The number of methoxy groups -OCH3 is 2. The van der Waals surface area contributed by atoms with Crippen LogP contribution in [0.25, 0.3) is 0 Å². The predicted molar refractivity (Wildman–Crippen MR) is 107 cm³/mol. The van der Waals surface area contributed by atoms with Crippen molar-refractivity contribution in [3.8, 4) is 11.5 Å². The number of carbonyl (C=O) groups excluding carboxylic acids is 2. The third kappa shape index (κ3) is 5.97. The number of ether oxygens (including phenoxy) is 2. The van der Waals surface area contributed by atoms with Crippen molar-refractivity contribution in [2.75, 3.05) is 20.8 Å². The first-order chi connectivity index (χ1) is 13.6. The number of rotatable bonds is 10.